The lowest BCUT2D eigenvalue weighted by atomic mass is 9.87. The van der Waals surface area contributed by atoms with Crippen LogP contribution >= 0.6 is 12.2 Å². The van der Waals surface area contributed by atoms with Crippen molar-refractivity contribution in [2.24, 2.45) is 5.10 Å². The standard InChI is InChI=1S/C22H27N3OS/c1-5-14-23-21(27)25-24-15-17-8-12-20(13-9-17)26-16-18-6-10-19(11-7-18)22(2,3)4/h5-13,15H,1,14,16H2,2-4H3,(H2,23,25,27)/b24-15+. The second-order valence-corrected chi connectivity index (χ2v) is 7.58. The Morgan fingerprint density at radius 1 is 1.11 bits per heavy atom. The predicted molar refractivity (Wildman–Crippen MR) is 117 cm³/mol. The van der Waals surface area contributed by atoms with Crippen LogP contribution in [0, 0.1) is 0 Å². The van der Waals surface area contributed by atoms with Gasteiger partial charge in [0.1, 0.15) is 12.4 Å². The van der Waals surface area contributed by atoms with Gasteiger partial charge in [0.15, 0.2) is 5.11 Å². The third kappa shape index (κ3) is 7.23. The maximum Gasteiger partial charge on any atom is 0.187 e. The van der Waals surface area contributed by atoms with E-state index < -0.39 is 0 Å². The Morgan fingerprint density at radius 3 is 2.37 bits per heavy atom. The van der Waals surface area contributed by atoms with Crippen molar-refractivity contribution in [3.8, 4) is 5.75 Å². The molecular weight excluding hydrogens is 354 g/mol. The Kier molecular flexibility index (Phi) is 7.55. The minimum atomic E-state index is 0.164. The lowest BCUT2D eigenvalue weighted by molar-refractivity contribution is 0.306. The van der Waals surface area contributed by atoms with Gasteiger partial charge in [0.25, 0.3) is 0 Å². The third-order valence-corrected chi connectivity index (χ3v) is 4.13. The molecule has 27 heavy (non-hydrogen) atoms. The van der Waals surface area contributed by atoms with Gasteiger partial charge in [-0.15, -0.1) is 6.58 Å². The number of benzene rings is 2. The summed E-state index contributed by atoms with van der Waals surface area (Å²) >= 11 is 5.06. The lowest BCUT2D eigenvalue weighted by Gasteiger charge is -2.19. The number of hydrogen-bond acceptors (Lipinski definition) is 3. The van der Waals surface area contributed by atoms with Gasteiger partial charge in [-0.2, -0.15) is 5.10 Å². The molecule has 0 heterocycles. The number of hydrazone groups is 1. The topological polar surface area (TPSA) is 45.7 Å². The summed E-state index contributed by atoms with van der Waals surface area (Å²) in [4.78, 5) is 0. The molecule has 2 N–H and O–H groups in total. The molecule has 4 nitrogen and oxygen atoms in total. The summed E-state index contributed by atoms with van der Waals surface area (Å²) in [5, 5.41) is 7.49. The molecule has 0 atom stereocenters. The van der Waals surface area contributed by atoms with Gasteiger partial charge in [0.2, 0.25) is 0 Å². The van der Waals surface area contributed by atoms with E-state index in [9.17, 15) is 0 Å². The third-order valence-electron chi connectivity index (χ3n) is 3.89. The van der Waals surface area contributed by atoms with E-state index in [-0.39, 0.29) is 5.41 Å². The fourth-order valence-corrected chi connectivity index (χ4v) is 2.42. The first-order chi connectivity index (χ1) is 12.9. The largest absolute Gasteiger partial charge is 0.489 e. The van der Waals surface area contributed by atoms with E-state index in [0.29, 0.717) is 18.3 Å². The number of nitrogens with zero attached hydrogens (tertiary/aromatic N) is 1. The monoisotopic (exact) mass is 381 g/mol. The van der Waals surface area contributed by atoms with Gasteiger partial charge in [-0.3, -0.25) is 5.43 Å². The number of hydrogen-bond donors (Lipinski definition) is 2. The van der Waals surface area contributed by atoms with Crippen molar-refractivity contribution in [2.75, 3.05) is 6.54 Å². The Hall–Kier alpha value is -2.66. The fraction of sp³-hybridized carbons (Fsp3) is 0.273. The molecule has 5 heteroatoms. The number of thiocarbonyl (C=S) groups is 1. The summed E-state index contributed by atoms with van der Waals surface area (Å²) in [5.41, 5.74) is 6.34. The van der Waals surface area contributed by atoms with Crippen molar-refractivity contribution in [2.45, 2.75) is 32.8 Å². The first-order valence-corrected chi connectivity index (χ1v) is 9.29. The van der Waals surface area contributed by atoms with Gasteiger partial charge in [-0.25, -0.2) is 0 Å². The van der Waals surface area contributed by atoms with Crippen LogP contribution in [0.25, 0.3) is 0 Å². The summed E-state index contributed by atoms with van der Waals surface area (Å²) in [7, 11) is 0. The lowest BCUT2D eigenvalue weighted by Crippen LogP contribution is -2.31. The Labute approximate surface area is 167 Å². The molecule has 0 amide bonds. The van der Waals surface area contributed by atoms with Gasteiger partial charge in [-0.1, -0.05) is 51.1 Å². The average molecular weight is 382 g/mol. The van der Waals surface area contributed by atoms with E-state index >= 15 is 0 Å². The summed E-state index contributed by atoms with van der Waals surface area (Å²) in [6.45, 7) is 11.4. The maximum absolute atomic E-state index is 5.86. The van der Waals surface area contributed by atoms with E-state index in [1.54, 1.807) is 12.3 Å². The zero-order valence-corrected chi connectivity index (χ0v) is 17.0. The zero-order chi connectivity index (χ0) is 19.7. The van der Waals surface area contributed by atoms with E-state index in [4.69, 9.17) is 17.0 Å². The smallest absolute Gasteiger partial charge is 0.187 e. The second kappa shape index (κ2) is 9.88. The van der Waals surface area contributed by atoms with Gasteiger partial charge >= 0.3 is 0 Å². The molecule has 0 bridgehead atoms. The minimum Gasteiger partial charge on any atom is -0.489 e. The molecule has 0 aliphatic heterocycles. The van der Waals surface area contributed by atoms with E-state index in [0.717, 1.165) is 16.9 Å². The maximum atomic E-state index is 5.86. The molecule has 0 aliphatic rings. The van der Waals surface area contributed by atoms with Crippen molar-refractivity contribution >= 4 is 23.5 Å². The summed E-state index contributed by atoms with van der Waals surface area (Å²) in [6, 6.07) is 16.3. The van der Waals surface area contributed by atoms with Crippen molar-refractivity contribution in [1.82, 2.24) is 10.7 Å². The predicted octanol–water partition coefficient (Wildman–Crippen LogP) is 4.55. The first kappa shape index (κ1) is 20.6. The molecule has 0 saturated carbocycles. The van der Waals surface area contributed by atoms with Gasteiger partial charge < -0.3 is 10.1 Å². The number of ether oxygens (including phenoxy) is 1. The van der Waals surface area contributed by atoms with Crippen molar-refractivity contribution in [3.63, 3.8) is 0 Å². The molecule has 0 unspecified atom stereocenters. The molecule has 142 valence electrons. The molecule has 2 aromatic carbocycles. The Balaban J connectivity index is 1.83. The molecule has 0 aliphatic carbocycles. The highest BCUT2D eigenvalue weighted by Crippen LogP contribution is 2.22. The number of rotatable bonds is 7. The van der Waals surface area contributed by atoms with E-state index in [1.807, 2.05) is 24.3 Å². The molecule has 2 aromatic rings. The van der Waals surface area contributed by atoms with Crippen LogP contribution in [0.3, 0.4) is 0 Å². The summed E-state index contributed by atoms with van der Waals surface area (Å²) < 4.78 is 5.86. The Morgan fingerprint density at radius 2 is 1.78 bits per heavy atom. The van der Waals surface area contributed by atoms with E-state index in [1.165, 1.54) is 5.56 Å². The molecular formula is C22H27N3OS. The highest BCUT2D eigenvalue weighted by molar-refractivity contribution is 7.80. The van der Waals surface area contributed by atoms with Crippen molar-refractivity contribution in [3.05, 3.63) is 77.9 Å². The average Bonchev–Trinajstić information content (AvgIpc) is 2.65. The first-order valence-electron chi connectivity index (χ1n) is 8.88. The highest BCUT2D eigenvalue weighted by Gasteiger charge is 2.12. The van der Waals surface area contributed by atoms with Crippen LogP contribution < -0.4 is 15.5 Å². The van der Waals surface area contributed by atoms with Crippen LogP contribution in [0.5, 0.6) is 5.75 Å². The van der Waals surface area contributed by atoms with Gasteiger partial charge in [0, 0.05) is 6.54 Å². The highest BCUT2D eigenvalue weighted by atomic mass is 32.1. The summed E-state index contributed by atoms with van der Waals surface area (Å²) in [5.74, 6) is 0.822. The number of nitrogens with one attached hydrogen (secondary N) is 2. The normalized spacial score (nSPS) is 11.2. The quantitative estimate of drug-likeness (QED) is 0.320. The fourth-order valence-electron chi connectivity index (χ4n) is 2.29. The summed E-state index contributed by atoms with van der Waals surface area (Å²) in [6.07, 6.45) is 3.44. The molecule has 0 aromatic heterocycles. The zero-order valence-electron chi connectivity index (χ0n) is 16.2. The van der Waals surface area contributed by atoms with Gasteiger partial charge in [0.05, 0.1) is 6.21 Å². The van der Waals surface area contributed by atoms with Crippen LogP contribution in [-0.4, -0.2) is 17.9 Å². The van der Waals surface area contributed by atoms with E-state index in [2.05, 4.69) is 67.5 Å². The second-order valence-electron chi connectivity index (χ2n) is 7.17. The van der Waals surface area contributed by atoms with Gasteiger partial charge in [-0.05, 0) is 58.6 Å². The minimum absolute atomic E-state index is 0.164. The SMILES string of the molecule is C=CCNC(=S)N/N=C/c1ccc(OCc2ccc(C(C)(C)C)cc2)cc1. The van der Waals surface area contributed by atoms with Crippen LogP contribution in [0.15, 0.2) is 66.3 Å². The van der Waals surface area contributed by atoms with Crippen LogP contribution in [0.1, 0.15) is 37.5 Å². The Bertz CT molecular complexity index is 775. The van der Waals surface area contributed by atoms with Crippen LogP contribution in [-0.2, 0) is 12.0 Å². The molecule has 2 rings (SSSR count). The van der Waals surface area contributed by atoms with Crippen molar-refractivity contribution < 1.29 is 4.74 Å². The molecule has 0 saturated heterocycles. The van der Waals surface area contributed by atoms with Crippen molar-refractivity contribution in [1.29, 1.82) is 0 Å². The molecule has 0 spiro atoms. The molecule has 0 fully saturated rings. The van der Waals surface area contributed by atoms with Crippen LogP contribution in [0.2, 0.25) is 0 Å². The molecule has 0 radical (unpaired) electrons. The van der Waals surface area contributed by atoms with Crippen LogP contribution in [0.4, 0.5) is 0 Å².